The number of nitro benzene ring substituents is 1. The summed E-state index contributed by atoms with van der Waals surface area (Å²) >= 11 is 2.08. The van der Waals surface area contributed by atoms with Crippen molar-refractivity contribution in [3.8, 4) is 5.75 Å². The molecule has 0 aliphatic rings. The number of nitrogens with zero attached hydrogens (tertiary/aromatic N) is 1. The van der Waals surface area contributed by atoms with E-state index in [0.29, 0.717) is 11.3 Å². The summed E-state index contributed by atoms with van der Waals surface area (Å²) in [4.78, 5) is 10.1. The zero-order valence-electron chi connectivity index (χ0n) is 7.20. The minimum Gasteiger partial charge on any atom is -0.495 e. The molecule has 70 valence electrons. The molecule has 0 radical (unpaired) electrons. The molecule has 13 heavy (non-hydrogen) atoms. The van der Waals surface area contributed by atoms with Crippen molar-refractivity contribution < 1.29 is 9.66 Å². The highest BCUT2D eigenvalue weighted by Crippen LogP contribution is 2.29. The van der Waals surface area contributed by atoms with Crippen LogP contribution in [0.15, 0.2) is 12.1 Å². The summed E-state index contributed by atoms with van der Waals surface area (Å²) in [5.41, 5.74) is 0.743. The van der Waals surface area contributed by atoms with Crippen LogP contribution in [0.2, 0.25) is 0 Å². The fraction of sp³-hybridized carbons (Fsp3) is 0.250. The van der Waals surface area contributed by atoms with Crippen LogP contribution in [0.25, 0.3) is 0 Å². The van der Waals surface area contributed by atoms with Crippen molar-refractivity contribution in [3.05, 3.63) is 31.4 Å². The van der Waals surface area contributed by atoms with Gasteiger partial charge in [0.1, 0.15) is 5.75 Å². The van der Waals surface area contributed by atoms with Crippen molar-refractivity contribution in [2.24, 2.45) is 0 Å². The molecule has 0 aliphatic carbocycles. The Bertz CT molecular complexity index is 351. The first kappa shape index (κ1) is 10.2. The van der Waals surface area contributed by atoms with Gasteiger partial charge in [0.25, 0.3) is 5.69 Å². The zero-order chi connectivity index (χ0) is 10.0. The third-order valence-corrected chi connectivity index (χ3v) is 2.51. The van der Waals surface area contributed by atoms with Gasteiger partial charge in [-0.3, -0.25) is 10.1 Å². The first-order valence-corrected chi connectivity index (χ1v) is 4.62. The molecular weight excluding hydrogens is 285 g/mol. The van der Waals surface area contributed by atoms with Crippen LogP contribution >= 0.6 is 22.6 Å². The molecule has 0 bridgehead atoms. The monoisotopic (exact) mass is 293 g/mol. The van der Waals surface area contributed by atoms with Gasteiger partial charge in [-0.25, -0.2) is 0 Å². The maximum atomic E-state index is 10.5. The Labute approximate surface area is 89.2 Å². The molecule has 1 rings (SSSR count). The van der Waals surface area contributed by atoms with Gasteiger partial charge < -0.3 is 4.74 Å². The molecule has 0 unspecified atom stereocenters. The smallest absolute Gasteiger partial charge is 0.276 e. The Balaban J connectivity index is 3.30. The van der Waals surface area contributed by atoms with Gasteiger partial charge in [-0.1, -0.05) is 0 Å². The van der Waals surface area contributed by atoms with E-state index in [1.807, 2.05) is 0 Å². The Morgan fingerprint density at radius 2 is 2.15 bits per heavy atom. The van der Waals surface area contributed by atoms with Gasteiger partial charge in [-0.2, -0.15) is 0 Å². The lowest BCUT2D eigenvalue weighted by molar-refractivity contribution is -0.385. The summed E-state index contributed by atoms with van der Waals surface area (Å²) in [7, 11) is 1.50. The molecule has 0 fully saturated rings. The predicted octanol–water partition coefficient (Wildman–Crippen LogP) is 2.52. The van der Waals surface area contributed by atoms with E-state index in [1.165, 1.54) is 13.2 Å². The fourth-order valence-electron chi connectivity index (χ4n) is 0.995. The average Bonchev–Trinajstić information content (AvgIpc) is 2.03. The summed E-state index contributed by atoms with van der Waals surface area (Å²) < 4.78 is 5.86. The molecule has 0 saturated carbocycles. The van der Waals surface area contributed by atoms with Crippen molar-refractivity contribution in [3.63, 3.8) is 0 Å². The number of hydrogen-bond donors (Lipinski definition) is 0. The molecule has 0 saturated heterocycles. The second-order valence-corrected chi connectivity index (χ2v) is 3.69. The maximum absolute atomic E-state index is 10.5. The largest absolute Gasteiger partial charge is 0.495 e. The predicted molar refractivity (Wildman–Crippen MR) is 57.1 cm³/mol. The van der Waals surface area contributed by atoms with E-state index in [-0.39, 0.29) is 5.69 Å². The quantitative estimate of drug-likeness (QED) is 0.478. The number of rotatable bonds is 2. The minimum atomic E-state index is -0.409. The number of benzene rings is 1. The standard InChI is InChI=1S/C8H8INO3/c1-5-3-6(9)8(13-2)4-7(5)10(11)12/h3-4H,1-2H3. The second kappa shape index (κ2) is 3.91. The molecule has 4 nitrogen and oxygen atoms in total. The number of methoxy groups -OCH3 is 1. The van der Waals surface area contributed by atoms with Crippen molar-refractivity contribution in [1.29, 1.82) is 0 Å². The average molecular weight is 293 g/mol. The van der Waals surface area contributed by atoms with Gasteiger partial charge >= 0.3 is 0 Å². The molecule has 0 aromatic heterocycles. The molecule has 0 N–H and O–H groups in total. The number of nitro groups is 1. The van der Waals surface area contributed by atoms with Crippen LogP contribution in [0.4, 0.5) is 5.69 Å². The maximum Gasteiger partial charge on any atom is 0.276 e. The highest BCUT2D eigenvalue weighted by Gasteiger charge is 2.14. The van der Waals surface area contributed by atoms with E-state index in [0.717, 1.165) is 3.57 Å². The van der Waals surface area contributed by atoms with Crippen LogP contribution in [0, 0.1) is 20.6 Å². The summed E-state index contributed by atoms with van der Waals surface area (Å²) in [6, 6.07) is 3.18. The summed E-state index contributed by atoms with van der Waals surface area (Å²) in [6.45, 7) is 1.71. The highest BCUT2D eigenvalue weighted by molar-refractivity contribution is 14.1. The number of halogens is 1. The Morgan fingerprint density at radius 1 is 1.54 bits per heavy atom. The molecule has 0 spiro atoms. The van der Waals surface area contributed by atoms with Crippen molar-refractivity contribution in [2.75, 3.05) is 7.11 Å². The highest BCUT2D eigenvalue weighted by atomic mass is 127. The zero-order valence-corrected chi connectivity index (χ0v) is 9.36. The molecule has 0 atom stereocenters. The van der Waals surface area contributed by atoms with Crippen molar-refractivity contribution in [2.45, 2.75) is 6.92 Å². The Morgan fingerprint density at radius 3 is 2.62 bits per heavy atom. The Kier molecular flexibility index (Phi) is 3.07. The Hall–Kier alpha value is -0.850. The van der Waals surface area contributed by atoms with Gasteiger partial charge in [0.05, 0.1) is 21.7 Å². The van der Waals surface area contributed by atoms with Crippen LogP contribution < -0.4 is 4.74 Å². The van der Waals surface area contributed by atoms with Gasteiger partial charge in [0.2, 0.25) is 0 Å². The first-order valence-electron chi connectivity index (χ1n) is 3.54. The number of hydrogen-bond acceptors (Lipinski definition) is 3. The molecule has 1 aromatic rings. The third-order valence-electron chi connectivity index (χ3n) is 1.67. The van der Waals surface area contributed by atoms with E-state index in [2.05, 4.69) is 22.6 Å². The van der Waals surface area contributed by atoms with Crippen LogP contribution in [0.1, 0.15) is 5.56 Å². The van der Waals surface area contributed by atoms with Crippen LogP contribution in [0.5, 0.6) is 5.75 Å². The number of aryl methyl sites for hydroxylation is 1. The fourth-order valence-corrected chi connectivity index (χ4v) is 1.84. The molecule has 0 heterocycles. The van der Waals surface area contributed by atoms with Gasteiger partial charge in [-0.15, -0.1) is 0 Å². The summed E-state index contributed by atoms with van der Waals surface area (Å²) in [6.07, 6.45) is 0. The normalized spacial score (nSPS) is 9.77. The molecular formula is C8H8INO3. The van der Waals surface area contributed by atoms with E-state index >= 15 is 0 Å². The molecule has 5 heteroatoms. The molecule has 1 aromatic carbocycles. The first-order chi connectivity index (χ1) is 6.06. The summed E-state index contributed by atoms with van der Waals surface area (Å²) in [5.74, 6) is 0.540. The van der Waals surface area contributed by atoms with Gasteiger partial charge in [0.15, 0.2) is 0 Å². The molecule has 0 aliphatic heterocycles. The van der Waals surface area contributed by atoms with Crippen molar-refractivity contribution in [1.82, 2.24) is 0 Å². The van der Waals surface area contributed by atoms with Gasteiger partial charge in [-0.05, 0) is 35.6 Å². The molecule has 0 amide bonds. The third kappa shape index (κ3) is 2.09. The van der Waals surface area contributed by atoms with Crippen LogP contribution in [-0.4, -0.2) is 12.0 Å². The lowest BCUT2D eigenvalue weighted by Gasteiger charge is -2.04. The van der Waals surface area contributed by atoms with Crippen molar-refractivity contribution >= 4 is 28.3 Å². The minimum absolute atomic E-state index is 0.0947. The van der Waals surface area contributed by atoms with Crippen LogP contribution in [0.3, 0.4) is 0 Å². The SMILES string of the molecule is COc1cc([N+](=O)[O-])c(C)cc1I. The lowest BCUT2D eigenvalue weighted by Crippen LogP contribution is -1.95. The lowest BCUT2D eigenvalue weighted by atomic mass is 10.2. The van der Waals surface area contributed by atoms with E-state index in [1.54, 1.807) is 13.0 Å². The van der Waals surface area contributed by atoms with Gasteiger partial charge in [0, 0.05) is 5.56 Å². The van der Waals surface area contributed by atoms with E-state index in [4.69, 9.17) is 4.74 Å². The van der Waals surface area contributed by atoms with E-state index in [9.17, 15) is 10.1 Å². The number of ether oxygens (including phenoxy) is 1. The second-order valence-electron chi connectivity index (χ2n) is 2.53. The van der Waals surface area contributed by atoms with E-state index < -0.39 is 4.92 Å². The topological polar surface area (TPSA) is 52.4 Å². The summed E-state index contributed by atoms with van der Waals surface area (Å²) in [5, 5.41) is 10.5. The van der Waals surface area contributed by atoms with Crippen LogP contribution in [-0.2, 0) is 0 Å².